The molecule has 0 radical (unpaired) electrons. The van der Waals surface area contributed by atoms with Crippen molar-refractivity contribution >= 4 is 21.8 Å². The third-order valence-electron chi connectivity index (χ3n) is 5.60. The lowest BCUT2D eigenvalue weighted by molar-refractivity contribution is -0.142. The zero-order chi connectivity index (χ0) is 26.2. The molecule has 1 heterocycles. The molecular formula is C26H34N2O7S. The number of nitrogens with one attached hydrogen (secondary N) is 2. The number of sulfonamides is 1. The number of ether oxygens (including phenoxy) is 3. The number of ketones is 1. The zero-order valence-corrected chi connectivity index (χ0v) is 21.7. The van der Waals surface area contributed by atoms with E-state index in [9.17, 15) is 18.0 Å². The molecule has 0 fully saturated rings. The predicted octanol–water partition coefficient (Wildman–Crippen LogP) is 2.55. The molecule has 1 unspecified atom stereocenters. The summed E-state index contributed by atoms with van der Waals surface area (Å²) in [5.41, 5.74) is 1.23. The molecule has 196 valence electrons. The molecule has 1 aliphatic rings. The fraction of sp³-hybridized carbons (Fsp3) is 0.462. The van der Waals surface area contributed by atoms with Gasteiger partial charge in [-0.15, -0.1) is 0 Å². The Morgan fingerprint density at radius 3 is 2.56 bits per heavy atom. The van der Waals surface area contributed by atoms with Gasteiger partial charge in [-0.3, -0.25) is 9.59 Å². The van der Waals surface area contributed by atoms with Crippen molar-refractivity contribution < 1.29 is 32.2 Å². The van der Waals surface area contributed by atoms with Crippen LogP contribution in [-0.2, 0) is 31.0 Å². The van der Waals surface area contributed by atoms with Gasteiger partial charge in [0.2, 0.25) is 10.0 Å². The number of esters is 1. The van der Waals surface area contributed by atoms with Crippen molar-refractivity contribution in [1.82, 2.24) is 10.0 Å². The van der Waals surface area contributed by atoms with Gasteiger partial charge < -0.3 is 19.5 Å². The van der Waals surface area contributed by atoms with Crippen molar-refractivity contribution in [3.8, 4) is 11.5 Å². The molecule has 1 atom stereocenters. The van der Waals surface area contributed by atoms with Gasteiger partial charge in [-0.1, -0.05) is 30.3 Å². The SMILES string of the molecule is CCOC(=O)CNCC(=O)CNS(=O)(=O)CC1CC(C)(C)Oc2ccc(OCc3ccccc3)cc21. The Balaban J connectivity index is 1.62. The Morgan fingerprint density at radius 1 is 1.08 bits per heavy atom. The molecule has 0 saturated heterocycles. The number of rotatable bonds is 13. The monoisotopic (exact) mass is 518 g/mol. The number of hydrogen-bond donors (Lipinski definition) is 2. The lowest BCUT2D eigenvalue weighted by Gasteiger charge is -2.37. The molecular weight excluding hydrogens is 484 g/mol. The Labute approximate surface area is 212 Å². The molecule has 9 nitrogen and oxygen atoms in total. The molecule has 3 rings (SSSR count). The highest BCUT2D eigenvalue weighted by Gasteiger charge is 2.36. The lowest BCUT2D eigenvalue weighted by atomic mass is 9.85. The molecule has 0 aromatic heterocycles. The van der Waals surface area contributed by atoms with Crippen LogP contribution in [0.15, 0.2) is 48.5 Å². The molecule has 0 amide bonds. The van der Waals surface area contributed by atoms with E-state index in [1.54, 1.807) is 6.92 Å². The van der Waals surface area contributed by atoms with Crippen LogP contribution in [0.5, 0.6) is 11.5 Å². The number of carbonyl (C=O) groups excluding carboxylic acids is 2. The van der Waals surface area contributed by atoms with Crippen LogP contribution in [-0.4, -0.2) is 57.8 Å². The fourth-order valence-electron chi connectivity index (χ4n) is 4.05. The molecule has 2 aromatic carbocycles. The van der Waals surface area contributed by atoms with Gasteiger partial charge in [-0.2, -0.15) is 0 Å². The summed E-state index contributed by atoms with van der Waals surface area (Å²) in [6.07, 6.45) is 0.484. The minimum Gasteiger partial charge on any atom is -0.489 e. The second-order valence-corrected chi connectivity index (χ2v) is 11.1. The maximum absolute atomic E-state index is 12.9. The van der Waals surface area contributed by atoms with Crippen molar-refractivity contribution in [2.75, 3.05) is 32.0 Å². The second-order valence-electron chi connectivity index (χ2n) is 9.29. The lowest BCUT2D eigenvalue weighted by Crippen LogP contribution is -2.41. The Kier molecular flexibility index (Phi) is 9.47. The minimum absolute atomic E-state index is 0.116. The predicted molar refractivity (Wildman–Crippen MR) is 136 cm³/mol. The highest BCUT2D eigenvalue weighted by Crippen LogP contribution is 2.43. The molecule has 0 aliphatic carbocycles. The van der Waals surface area contributed by atoms with E-state index in [1.165, 1.54) is 0 Å². The average molecular weight is 519 g/mol. The van der Waals surface area contributed by atoms with E-state index in [0.29, 0.717) is 24.5 Å². The van der Waals surface area contributed by atoms with E-state index in [2.05, 4.69) is 10.0 Å². The van der Waals surface area contributed by atoms with Crippen LogP contribution in [0.3, 0.4) is 0 Å². The first-order valence-corrected chi connectivity index (χ1v) is 13.6. The normalized spacial score (nSPS) is 16.5. The van der Waals surface area contributed by atoms with Crippen molar-refractivity contribution in [3.05, 3.63) is 59.7 Å². The highest BCUT2D eigenvalue weighted by atomic mass is 32.2. The first-order valence-electron chi connectivity index (χ1n) is 11.9. The summed E-state index contributed by atoms with van der Waals surface area (Å²) in [5.74, 6) is -0.153. The number of carbonyl (C=O) groups is 2. The van der Waals surface area contributed by atoms with Crippen LogP contribution in [0.4, 0.5) is 0 Å². The number of fused-ring (bicyclic) bond motifs is 1. The summed E-state index contributed by atoms with van der Waals surface area (Å²) >= 11 is 0. The molecule has 36 heavy (non-hydrogen) atoms. The topological polar surface area (TPSA) is 120 Å². The van der Waals surface area contributed by atoms with Gasteiger partial charge in [0.15, 0.2) is 5.78 Å². The van der Waals surface area contributed by atoms with Crippen molar-refractivity contribution in [2.24, 2.45) is 0 Å². The van der Waals surface area contributed by atoms with E-state index in [4.69, 9.17) is 14.2 Å². The smallest absolute Gasteiger partial charge is 0.319 e. The van der Waals surface area contributed by atoms with Gasteiger partial charge >= 0.3 is 5.97 Å². The van der Waals surface area contributed by atoms with Crippen molar-refractivity contribution in [2.45, 2.75) is 45.3 Å². The quantitative estimate of drug-likeness (QED) is 0.388. The Bertz CT molecular complexity index is 1150. The summed E-state index contributed by atoms with van der Waals surface area (Å²) in [6, 6.07) is 15.2. The zero-order valence-electron chi connectivity index (χ0n) is 20.9. The maximum Gasteiger partial charge on any atom is 0.319 e. The standard InChI is InChI=1S/C26H34N2O7S/c1-4-33-25(30)16-27-14-21(29)15-28-36(31,32)18-20-13-26(2,3)35-24-11-10-22(12-23(20)24)34-17-19-8-6-5-7-9-19/h5-12,20,27-28H,4,13-18H2,1-3H3. The number of benzene rings is 2. The third kappa shape index (κ3) is 8.61. The van der Waals surface area contributed by atoms with Gasteiger partial charge in [0.25, 0.3) is 0 Å². The van der Waals surface area contributed by atoms with Crippen LogP contribution in [0, 0.1) is 0 Å². The van der Waals surface area contributed by atoms with Crippen LogP contribution in [0.2, 0.25) is 0 Å². The van der Waals surface area contributed by atoms with E-state index in [-0.39, 0.29) is 43.7 Å². The van der Waals surface area contributed by atoms with Crippen LogP contribution in [0.1, 0.15) is 44.2 Å². The second kappa shape index (κ2) is 12.3. The average Bonchev–Trinajstić information content (AvgIpc) is 2.82. The van der Waals surface area contributed by atoms with Gasteiger partial charge in [-0.25, -0.2) is 13.1 Å². The van der Waals surface area contributed by atoms with Crippen molar-refractivity contribution in [1.29, 1.82) is 0 Å². The molecule has 0 saturated carbocycles. The summed E-state index contributed by atoms with van der Waals surface area (Å²) in [4.78, 5) is 23.4. The van der Waals surface area contributed by atoms with Gasteiger partial charge in [0.1, 0.15) is 23.7 Å². The van der Waals surface area contributed by atoms with Crippen LogP contribution in [0.25, 0.3) is 0 Å². The molecule has 1 aliphatic heterocycles. The van der Waals surface area contributed by atoms with Crippen LogP contribution < -0.4 is 19.5 Å². The fourth-order valence-corrected chi connectivity index (χ4v) is 5.38. The van der Waals surface area contributed by atoms with E-state index >= 15 is 0 Å². The minimum atomic E-state index is -3.77. The van der Waals surface area contributed by atoms with Gasteiger partial charge in [0.05, 0.1) is 32.0 Å². The largest absolute Gasteiger partial charge is 0.489 e. The van der Waals surface area contributed by atoms with Gasteiger partial charge in [-0.05, 0) is 51.0 Å². The first-order chi connectivity index (χ1) is 17.1. The summed E-state index contributed by atoms with van der Waals surface area (Å²) in [7, 11) is -3.77. The summed E-state index contributed by atoms with van der Waals surface area (Å²) in [6.45, 7) is 5.55. The van der Waals surface area contributed by atoms with Gasteiger partial charge in [0, 0.05) is 11.5 Å². The highest BCUT2D eigenvalue weighted by molar-refractivity contribution is 7.89. The molecule has 2 aromatic rings. The molecule has 0 spiro atoms. The number of hydrogen-bond acceptors (Lipinski definition) is 8. The van der Waals surface area contributed by atoms with Crippen molar-refractivity contribution in [3.63, 3.8) is 0 Å². The summed E-state index contributed by atoms with van der Waals surface area (Å²) in [5, 5.41) is 2.65. The number of Topliss-reactive ketones (excluding diaryl/α,β-unsaturated/α-hetero) is 1. The first kappa shape index (κ1) is 27.6. The van der Waals surface area contributed by atoms with E-state index in [0.717, 1.165) is 11.1 Å². The Hall–Kier alpha value is -2.95. The third-order valence-corrected chi connectivity index (χ3v) is 7.03. The molecule has 2 N–H and O–H groups in total. The van der Waals surface area contributed by atoms with E-state index < -0.39 is 21.6 Å². The molecule has 10 heteroatoms. The molecule has 0 bridgehead atoms. The van der Waals surface area contributed by atoms with Crippen LogP contribution >= 0.6 is 0 Å². The summed E-state index contributed by atoms with van der Waals surface area (Å²) < 4.78 is 44.9. The maximum atomic E-state index is 12.9. The Morgan fingerprint density at radius 2 is 1.83 bits per heavy atom. The van der Waals surface area contributed by atoms with E-state index in [1.807, 2.05) is 62.4 Å².